The van der Waals surface area contributed by atoms with Gasteiger partial charge >= 0.3 is 0 Å². The molecule has 1 aliphatic heterocycles. The summed E-state index contributed by atoms with van der Waals surface area (Å²) in [6.45, 7) is 8.13. The zero-order valence-corrected chi connectivity index (χ0v) is 29.0. The van der Waals surface area contributed by atoms with Gasteiger partial charge in [-0.15, -0.1) is 0 Å². The van der Waals surface area contributed by atoms with Crippen molar-refractivity contribution in [3.05, 3.63) is 108 Å². The summed E-state index contributed by atoms with van der Waals surface area (Å²) in [5.41, 5.74) is 3.40. The van der Waals surface area contributed by atoms with E-state index in [1.54, 1.807) is 18.6 Å². The standard InChI is InChI=1S/C39H48N6O5/c1-39(2,3)43-38(49)32-24-44(25-35-41-22-34(50-35)27-13-15-40-16-14-27)17-18-45(32)23-30(46)20-29(19-26-9-5-4-6-10-26)37(48)42-36-31-12-8-7-11-28(31)21-33(36)47/h4-16,22,29-30,32-33,36,46-47H,17-21,23-25H2,1-3H3,(H,42,48)(H,43,49)/t29-,30+,32+,33-,36+/m1/s1. The van der Waals surface area contributed by atoms with Gasteiger partial charge in [0.15, 0.2) is 5.76 Å². The fourth-order valence-corrected chi connectivity index (χ4v) is 7.04. The minimum Gasteiger partial charge on any atom is -0.439 e. The van der Waals surface area contributed by atoms with Crippen LogP contribution in [0.1, 0.15) is 55.8 Å². The Bertz CT molecular complexity index is 1730. The Morgan fingerprint density at radius 3 is 2.52 bits per heavy atom. The summed E-state index contributed by atoms with van der Waals surface area (Å²) in [4.78, 5) is 40.3. The molecule has 0 saturated carbocycles. The zero-order chi connectivity index (χ0) is 35.3. The van der Waals surface area contributed by atoms with Crippen molar-refractivity contribution in [2.45, 2.75) is 76.4 Å². The predicted molar refractivity (Wildman–Crippen MR) is 190 cm³/mol. The van der Waals surface area contributed by atoms with Crippen molar-refractivity contribution < 1.29 is 24.2 Å². The molecular formula is C39H48N6O5. The second-order valence-electron chi connectivity index (χ2n) is 14.6. The van der Waals surface area contributed by atoms with Crippen LogP contribution >= 0.6 is 0 Å². The van der Waals surface area contributed by atoms with E-state index < -0.39 is 35.7 Å². The molecule has 0 radical (unpaired) electrons. The third-order valence-corrected chi connectivity index (χ3v) is 9.45. The molecule has 0 unspecified atom stereocenters. The molecule has 50 heavy (non-hydrogen) atoms. The highest BCUT2D eigenvalue weighted by Gasteiger charge is 2.37. The first-order chi connectivity index (χ1) is 24.0. The van der Waals surface area contributed by atoms with Crippen molar-refractivity contribution in [1.82, 2.24) is 30.4 Å². The van der Waals surface area contributed by atoms with Gasteiger partial charge < -0.3 is 25.3 Å². The number of pyridine rings is 1. The number of carbonyl (C=O) groups is 2. The molecule has 4 aromatic rings. The number of amides is 2. The molecule has 5 atom stereocenters. The number of aromatic nitrogens is 2. The van der Waals surface area contributed by atoms with E-state index in [1.807, 2.05) is 92.4 Å². The van der Waals surface area contributed by atoms with Crippen LogP contribution in [0.3, 0.4) is 0 Å². The maximum Gasteiger partial charge on any atom is 0.239 e. The highest BCUT2D eigenvalue weighted by atomic mass is 16.4. The monoisotopic (exact) mass is 680 g/mol. The average molecular weight is 681 g/mol. The van der Waals surface area contributed by atoms with Crippen LogP contribution < -0.4 is 10.6 Å². The van der Waals surface area contributed by atoms with E-state index in [-0.39, 0.29) is 24.8 Å². The van der Waals surface area contributed by atoms with E-state index in [9.17, 15) is 19.8 Å². The number of β-amino-alcohol motifs (C(OH)–C–C–N with tert-alkyl or cyclic N) is 1. The van der Waals surface area contributed by atoms with E-state index >= 15 is 0 Å². The molecule has 11 heteroatoms. The number of rotatable bonds is 12. The molecule has 1 aliphatic carbocycles. The van der Waals surface area contributed by atoms with Crippen molar-refractivity contribution in [2.24, 2.45) is 5.92 Å². The Morgan fingerprint density at radius 1 is 1.02 bits per heavy atom. The highest BCUT2D eigenvalue weighted by molar-refractivity contribution is 5.83. The van der Waals surface area contributed by atoms with E-state index in [2.05, 4.69) is 25.5 Å². The van der Waals surface area contributed by atoms with Gasteiger partial charge in [0.2, 0.25) is 17.7 Å². The van der Waals surface area contributed by atoms with Gasteiger partial charge in [-0.2, -0.15) is 0 Å². The molecule has 11 nitrogen and oxygen atoms in total. The third kappa shape index (κ3) is 9.02. The summed E-state index contributed by atoms with van der Waals surface area (Å²) in [5, 5.41) is 28.6. The van der Waals surface area contributed by atoms with Crippen LogP contribution in [-0.2, 0) is 29.0 Å². The Kier molecular flexibility index (Phi) is 11.1. The quantitative estimate of drug-likeness (QED) is 0.177. The van der Waals surface area contributed by atoms with E-state index in [4.69, 9.17) is 4.42 Å². The molecule has 4 N–H and O–H groups in total. The number of hydrogen-bond donors (Lipinski definition) is 4. The molecular weight excluding hydrogens is 632 g/mol. The van der Waals surface area contributed by atoms with E-state index in [1.165, 1.54) is 0 Å². The molecule has 2 aromatic heterocycles. The van der Waals surface area contributed by atoms with Crippen LogP contribution in [-0.4, -0.2) is 91.8 Å². The number of aliphatic hydroxyl groups is 2. The number of nitrogens with one attached hydrogen (secondary N) is 2. The zero-order valence-electron chi connectivity index (χ0n) is 29.0. The molecule has 2 aliphatic rings. The lowest BCUT2D eigenvalue weighted by molar-refractivity contribution is -0.132. The van der Waals surface area contributed by atoms with Crippen molar-refractivity contribution in [3.63, 3.8) is 0 Å². The molecule has 264 valence electrons. The molecule has 3 heterocycles. The van der Waals surface area contributed by atoms with Gasteiger partial charge in [0.1, 0.15) is 6.04 Å². The highest BCUT2D eigenvalue weighted by Crippen LogP contribution is 2.32. The molecule has 0 spiro atoms. The van der Waals surface area contributed by atoms with Gasteiger partial charge in [0.25, 0.3) is 0 Å². The van der Waals surface area contributed by atoms with E-state index in [0.29, 0.717) is 50.7 Å². The van der Waals surface area contributed by atoms with Crippen molar-refractivity contribution in [3.8, 4) is 11.3 Å². The summed E-state index contributed by atoms with van der Waals surface area (Å²) in [5.74, 6) is 0.344. The van der Waals surface area contributed by atoms with Gasteiger partial charge in [-0.05, 0) is 62.4 Å². The Labute approximate surface area is 293 Å². The number of hydrogen-bond acceptors (Lipinski definition) is 9. The topological polar surface area (TPSA) is 144 Å². The van der Waals surface area contributed by atoms with Gasteiger partial charge in [0, 0.05) is 62.0 Å². The normalized spacial score (nSPS) is 20.9. The second kappa shape index (κ2) is 15.6. The fourth-order valence-electron chi connectivity index (χ4n) is 7.04. The minimum absolute atomic E-state index is 0.119. The van der Waals surface area contributed by atoms with Crippen LogP contribution in [0.4, 0.5) is 0 Å². The Hall–Kier alpha value is -4.42. The third-order valence-electron chi connectivity index (χ3n) is 9.45. The molecule has 6 rings (SSSR count). The van der Waals surface area contributed by atoms with Gasteiger partial charge in [-0.3, -0.25) is 24.4 Å². The predicted octanol–water partition coefficient (Wildman–Crippen LogP) is 3.52. The molecule has 2 aromatic carbocycles. The van der Waals surface area contributed by atoms with Crippen LogP contribution in [0.15, 0.2) is 89.7 Å². The lowest BCUT2D eigenvalue weighted by Crippen LogP contribution is -2.62. The smallest absolute Gasteiger partial charge is 0.239 e. The second-order valence-corrected chi connectivity index (χ2v) is 14.6. The average Bonchev–Trinajstić information content (AvgIpc) is 3.69. The molecule has 1 saturated heterocycles. The molecule has 0 bridgehead atoms. The van der Waals surface area contributed by atoms with Crippen LogP contribution in [0.2, 0.25) is 0 Å². The van der Waals surface area contributed by atoms with Gasteiger partial charge in [-0.1, -0.05) is 54.6 Å². The van der Waals surface area contributed by atoms with Gasteiger partial charge in [0.05, 0.1) is 31.0 Å². The lowest BCUT2D eigenvalue weighted by atomic mass is 9.91. The minimum atomic E-state index is -0.874. The Balaban J connectivity index is 1.14. The summed E-state index contributed by atoms with van der Waals surface area (Å²) in [6, 6.07) is 20.2. The first-order valence-electron chi connectivity index (χ1n) is 17.4. The molecule has 1 fully saturated rings. The summed E-state index contributed by atoms with van der Waals surface area (Å²) in [7, 11) is 0. The SMILES string of the molecule is CC(C)(C)NC(=O)[C@@H]1CN(Cc2ncc(-c3ccncc3)o2)CCN1C[C@@H](O)C[C@@H](Cc1ccccc1)C(=O)N[C@H]1c2ccccc2C[C@H]1O. The summed E-state index contributed by atoms with van der Waals surface area (Å²) < 4.78 is 6.04. The van der Waals surface area contributed by atoms with Crippen LogP contribution in [0.25, 0.3) is 11.3 Å². The first-order valence-corrected chi connectivity index (χ1v) is 17.4. The maximum atomic E-state index is 13.9. The summed E-state index contributed by atoms with van der Waals surface area (Å²) >= 11 is 0. The number of benzene rings is 2. The number of piperazine rings is 1. The fraction of sp³-hybridized carbons (Fsp3) is 0.436. The van der Waals surface area contributed by atoms with Crippen molar-refractivity contribution >= 4 is 11.8 Å². The number of nitrogens with zero attached hydrogens (tertiary/aromatic N) is 4. The van der Waals surface area contributed by atoms with Crippen molar-refractivity contribution in [1.29, 1.82) is 0 Å². The largest absolute Gasteiger partial charge is 0.439 e. The van der Waals surface area contributed by atoms with E-state index in [0.717, 1.165) is 22.3 Å². The number of oxazole rings is 1. The summed E-state index contributed by atoms with van der Waals surface area (Å²) in [6.07, 6.45) is 4.66. The lowest BCUT2D eigenvalue weighted by Gasteiger charge is -2.42. The number of aliphatic hydroxyl groups excluding tert-OH is 2. The molecule has 2 amide bonds. The Morgan fingerprint density at radius 2 is 1.76 bits per heavy atom. The van der Waals surface area contributed by atoms with Gasteiger partial charge in [-0.25, -0.2) is 4.98 Å². The van der Waals surface area contributed by atoms with Crippen LogP contribution in [0, 0.1) is 5.92 Å². The first kappa shape index (κ1) is 35.4. The number of fused-ring (bicyclic) bond motifs is 1. The maximum absolute atomic E-state index is 13.9. The number of carbonyl (C=O) groups excluding carboxylic acids is 2. The van der Waals surface area contributed by atoms with Crippen molar-refractivity contribution in [2.75, 3.05) is 26.2 Å². The van der Waals surface area contributed by atoms with Crippen LogP contribution in [0.5, 0.6) is 0 Å².